The quantitative estimate of drug-likeness (QED) is 0.0604. The molecular formula is C53H108O2. The van der Waals surface area contributed by atoms with Crippen LogP contribution in [-0.2, 0) is 0 Å². The molecule has 0 aromatic rings. The fraction of sp³-hybridized carbons (Fsp3) is 1.00. The summed E-state index contributed by atoms with van der Waals surface area (Å²) in [6, 6.07) is 0. The molecule has 2 N–H and O–H groups in total. The Balaban J connectivity index is 3.23. The van der Waals surface area contributed by atoms with Crippen molar-refractivity contribution in [3.05, 3.63) is 0 Å². The summed E-state index contributed by atoms with van der Waals surface area (Å²) in [4.78, 5) is 0. The zero-order valence-corrected chi connectivity index (χ0v) is 38.9. The van der Waals surface area contributed by atoms with Gasteiger partial charge >= 0.3 is 0 Å². The summed E-state index contributed by atoms with van der Waals surface area (Å²) < 4.78 is 0. The second-order valence-electron chi connectivity index (χ2n) is 19.3. The number of aliphatic hydroxyl groups excluding tert-OH is 2. The van der Waals surface area contributed by atoms with Gasteiger partial charge in [-0.3, -0.25) is 0 Å². The van der Waals surface area contributed by atoms with E-state index in [2.05, 4.69) is 20.8 Å². The fourth-order valence-corrected chi connectivity index (χ4v) is 8.84. The first-order chi connectivity index (χ1) is 27.1. The van der Waals surface area contributed by atoms with Gasteiger partial charge in [-0.25, -0.2) is 0 Å². The van der Waals surface area contributed by atoms with Crippen LogP contribution in [0, 0.1) is 11.8 Å². The molecule has 0 saturated carbocycles. The van der Waals surface area contributed by atoms with Gasteiger partial charge in [0.05, 0.1) is 6.10 Å². The SMILES string of the molecule is CC(C)CCCCCCCCCCCCCCCCCCCCCCC(O)CCC(C)CCCCCCCCCCCCCCCCCCCCCCCO. The normalized spacial score (nSPS) is 13.0. The van der Waals surface area contributed by atoms with E-state index >= 15 is 0 Å². The number of rotatable bonds is 49. The summed E-state index contributed by atoms with van der Waals surface area (Å²) in [6.45, 7) is 7.48. The fourth-order valence-electron chi connectivity index (χ4n) is 8.84. The first-order valence-corrected chi connectivity index (χ1v) is 26.3. The summed E-state index contributed by atoms with van der Waals surface area (Å²) in [6.07, 6.45) is 64.0. The minimum absolute atomic E-state index is 0.0595. The maximum absolute atomic E-state index is 10.5. The monoisotopic (exact) mass is 777 g/mol. The van der Waals surface area contributed by atoms with E-state index in [0.29, 0.717) is 6.61 Å². The molecule has 0 heterocycles. The second kappa shape index (κ2) is 48.3. The van der Waals surface area contributed by atoms with Crippen molar-refractivity contribution in [1.29, 1.82) is 0 Å². The van der Waals surface area contributed by atoms with Gasteiger partial charge in [0, 0.05) is 6.61 Å². The van der Waals surface area contributed by atoms with Crippen molar-refractivity contribution >= 4 is 0 Å². The van der Waals surface area contributed by atoms with E-state index in [0.717, 1.165) is 31.1 Å². The Morgan fingerprint density at radius 3 is 0.709 bits per heavy atom. The molecule has 0 aromatic heterocycles. The Bertz CT molecular complexity index is 661. The molecule has 2 unspecified atom stereocenters. The Morgan fingerprint density at radius 1 is 0.236 bits per heavy atom. The smallest absolute Gasteiger partial charge is 0.0540 e. The van der Waals surface area contributed by atoms with Crippen LogP contribution in [0.1, 0.15) is 316 Å². The molecule has 2 nitrogen and oxygen atoms in total. The molecule has 0 aliphatic heterocycles. The lowest BCUT2D eigenvalue weighted by Crippen LogP contribution is -2.08. The third-order valence-electron chi connectivity index (χ3n) is 12.9. The van der Waals surface area contributed by atoms with Gasteiger partial charge < -0.3 is 10.2 Å². The number of unbranched alkanes of at least 4 members (excludes halogenated alkanes) is 39. The lowest BCUT2D eigenvalue weighted by molar-refractivity contribution is 0.141. The van der Waals surface area contributed by atoms with Crippen molar-refractivity contribution in [2.75, 3.05) is 6.61 Å². The lowest BCUT2D eigenvalue weighted by atomic mass is 9.94. The molecule has 0 radical (unpaired) electrons. The highest BCUT2D eigenvalue weighted by molar-refractivity contribution is 4.62. The predicted molar refractivity (Wildman–Crippen MR) is 249 cm³/mol. The Kier molecular flexibility index (Phi) is 48.2. The molecule has 0 amide bonds. The second-order valence-corrected chi connectivity index (χ2v) is 19.3. The zero-order valence-electron chi connectivity index (χ0n) is 38.9. The Hall–Kier alpha value is -0.0800. The molecule has 0 aliphatic carbocycles. The molecule has 0 rings (SSSR count). The number of aliphatic hydroxyl groups is 2. The summed E-state index contributed by atoms with van der Waals surface area (Å²) in [7, 11) is 0. The molecule has 0 fully saturated rings. The summed E-state index contributed by atoms with van der Waals surface area (Å²) in [5.41, 5.74) is 0. The van der Waals surface area contributed by atoms with Crippen LogP contribution in [0.3, 0.4) is 0 Å². The molecule has 55 heavy (non-hydrogen) atoms. The summed E-state index contributed by atoms with van der Waals surface area (Å²) in [5, 5.41) is 19.3. The standard InChI is InChI=1S/C53H108O2/c1-51(2)45-41-37-33-29-25-21-17-13-9-6-7-11-15-19-23-27-31-35-39-43-47-53(55)49-48-52(3)46-42-38-34-30-26-22-18-14-10-5-4-8-12-16-20-24-28-32-36-40-44-50-54/h51-55H,4-50H2,1-3H3. The van der Waals surface area contributed by atoms with E-state index in [1.807, 2.05) is 0 Å². The first kappa shape index (κ1) is 54.9. The van der Waals surface area contributed by atoms with Crippen LogP contribution in [0.4, 0.5) is 0 Å². The first-order valence-electron chi connectivity index (χ1n) is 26.3. The van der Waals surface area contributed by atoms with E-state index in [-0.39, 0.29) is 6.10 Å². The van der Waals surface area contributed by atoms with Crippen molar-refractivity contribution in [2.24, 2.45) is 11.8 Å². The Labute approximate surface area is 349 Å². The average molecular weight is 777 g/mol. The molecule has 0 spiro atoms. The molecule has 0 saturated heterocycles. The summed E-state index contributed by atoms with van der Waals surface area (Å²) >= 11 is 0. The highest BCUT2D eigenvalue weighted by Crippen LogP contribution is 2.21. The molecule has 2 heteroatoms. The highest BCUT2D eigenvalue weighted by atomic mass is 16.3. The van der Waals surface area contributed by atoms with Crippen LogP contribution in [0.15, 0.2) is 0 Å². The summed E-state index contributed by atoms with van der Waals surface area (Å²) in [5.74, 6) is 1.67. The molecule has 0 bridgehead atoms. The lowest BCUT2D eigenvalue weighted by Gasteiger charge is -2.15. The molecule has 2 atom stereocenters. The molecule has 332 valence electrons. The van der Waals surface area contributed by atoms with E-state index in [9.17, 15) is 5.11 Å². The van der Waals surface area contributed by atoms with Crippen LogP contribution in [0.5, 0.6) is 0 Å². The van der Waals surface area contributed by atoms with Crippen LogP contribution >= 0.6 is 0 Å². The van der Waals surface area contributed by atoms with Gasteiger partial charge in [-0.1, -0.05) is 290 Å². The van der Waals surface area contributed by atoms with Crippen molar-refractivity contribution < 1.29 is 10.2 Å². The maximum atomic E-state index is 10.5. The average Bonchev–Trinajstić information content (AvgIpc) is 3.17. The van der Waals surface area contributed by atoms with Crippen LogP contribution in [0.2, 0.25) is 0 Å². The van der Waals surface area contributed by atoms with Gasteiger partial charge in [0.15, 0.2) is 0 Å². The van der Waals surface area contributed by atoms with Gasteiger partial charge in [-0.05, 0) is 37.5 Å². The molecule has 0 aliphatic rings. The van der Waals surface area contributed by atoms with E-state index in [1.54, 1.807) is 0 Å². The predicted octanol–water partition coefficient (Wildman–Crippen LogP) is 18.6. The van der Waals surface area contributed by atoms with Gasteiger partial charge in [-0.15, -0.1) is 0 Å². The largest absolute Gasteiger partial charge is 0.396 e. The zero-order chi connectivity index (χ0) is 40.0. The minimum Gasteiger partial charge on any atom is -0.396 e. The van der Waals surface area contributed by atoms with Gasteiger partial charge in [0.2, 0.25) is 0 Å². The van der Waals surface area contributed by atoms with Crippen molar-refractivity contribution in [1.82, 2.24) is 0 Å². The van der Waals surface area contributed by atoms with E-state index in [4.69, 9.17) is 5.11 Å². The van der Waals surface area contributed by atoms with Crippen molar-refractivity contribution in [3.63, 3.8) is 0 Å². The molecule has 0 aromatic carbocycles. The van der Waals surface area contributed by atoms with Crippen molar-refractivity contribution in [3.8, 4) is 0 Å². The number of hydrogen-bond acceptors (Lipinski definition) is 2. The minimum atomic E-state index is -0.0595. The van der Waals surface area contributed by atoms with E-state index < -0.39 is 0 Å². The van der Waals surface area contributed by atoms with Crippen LogP contribution in [0.25, 0.3) is 0 Å². The Morgan fingerprint density at radius 2 is 0.455 bits per heavy atom. The van der Waals surface area contributed by atoms with Gasteiger partial charge in [0.1, 0.15) is 0 Å². The van der Waals surface area contributed by atoms with E-state index in [1.165, 1.54) is 276 Å². The van der Waals surface area contributed by atoms with Crippen LogP contribution in [-0.4, -0.2) is 22.9 Å². The van der Waals surface area contributed by atoms with Gasteiger partial charge in [-0.2, -0.15) is 0 Å². The third-order valence-corrected chi connectivity index (χ3v) is 12.9. The highest BCUT2D eigenvalue weighted by Gasteiger charge is 2.08. The van der Waals surface area contributed by atoms with Gasteiger partial charge in [0.25, 0.3) is 0 Å². The molecular weight excluding hydrogens is 669 g/mol. The third kappa shape index (κ3) is 50.0. The van der Waals surface area contributed by atoms with Crippen LogP contribution < -0.4 is 0 Å². The topological polar surface area (TPSA) is 40.5 Å². The maximum Gasteiger partial charge on any atom is 0.0540 e. The van der Waals surface area contributed by atoms with Crippen molar-refractivity contribution in [2.45, 2.75) is 322 Å². The number of hydrogen-bond donors (Lipinski definition) is 2.